The number of aromatic amines is 1. The summed E-state index contributed by atoms with van der Waals surface area (Å²) in [5, 5.41) is 0.590. The Morgan fingerprint density at radius 1 is 1.07 bits per heavy atom. The maximum atomic E-state index is 13.1. The zero-order valence-corrected chi connectivity index (χ0v) is 16.8. The number of ketones is 2. The normalized spacial score (nSPS) is 14.8. The fourth-order valence-corrected chi connectivity index (χ4v) is 4.11. The zero-order chi connectivity index (χ0) is 21.3. The first kappa shape index (κ1) is 20.0. The monoisotopic (exact) mass is 406 g/mol. The molecule has 1 aromatic heterocycles. The summed E-state index contributed by atoms with van der Waals surface area (Å²) in [6.07, 6.45) is 4.19. The van der Waals surface area contributed by atoms with Gasteiger partial charge < -0.3 is 9.88 Å². The number of carbonyl (C=O) groups excluding carboxylic acids is 3. The van der Waals surface area contributed by atoms with E-state index in [-0.39, 0.29) is 11.7 Å². The van der Waals surface area contributed by atoms with Crippen molar-refractivity contribution in [1.29, 1.82) is 0 Å². The Morgan fingerprint density at radius 2 is 1.77 bits per heavy atom. The van der Waals surface area contributed by atoms with E-state index in [1.54, 1.807) is 18.2 Å². The van der Waals surface area contributed by atoms with Gasteiger partial charge in [-0.2, -0.15) is 0 Å². The second-order valence-electron chi connectivity index (χ2n) is 7.91. The number of Topliss-reactive ketones (excluding diaryl/α,β-unsaturated/α-hetero) is 2. The quantitative estimate of drug-likeness (QED) is 0.511. The molecule has 1 amide bonds. The van der Waals surface area contributed by atoms with E-state index in [0.717, 1.165) is 24.8 Å². The third-order valence-electron chi connectivity index (χ3n) is 5.83. The molecule has 2 heterocycles. The number of aromatic nitrogens is 1. The van der Waals surface area contributed by atoms with Gasteiger partial charge in [-0.3, -0.25) is 14.4 Å². The zero-order valence-electron chi connectivity index (χ0n) is 16.8. The van der Waals surface area contributed by atoms with Crippen LogP contribution in [0.1, 0.15) is 46.0 Å². The van der Waals surface area contributed by atoms with Gasteiger partial charge in [0.2, 0.25) is 5.78 Å². The highest BCUT2D eigenvalue weighted by Crippen LogP contribution is 2.25. The van der Waals surface area contributed by atoms with Crippen molar-refractivity contribution in [3.63, 3.8) is 0 Å². The van der Waals surface area contributed by atoms with Gasteiger partial charge >= 0.3 is 0 Å². The highest BCUT2D eigenvalue weighted by Gasteiger charge is 2.25. The Hall–Kier alpha value is -3.28. The molecule has 2 aromatic carbocycles. The molecule has 0 spiro atoms. The summed E-state index contributed by atoms with van der Waals surface area (Å²) in [6, 6.07) is 11.8. The third-order valence-corrected chi connectivity index (χ3v) is 5.83. The van der Waals surface area contributed by atoms with E-state index in [9.17, 15) is 18.8 Å². The number of nitrogens with zero attached hydrogens (tertiary/aromatic N) is 1. The Labute approximate surface area is 173 Å². The van der Waals surface area contributed by atoms with Crippen LogP contribution in [-0.4, -0.2) is 40.4 Å². The van der Waals surface area contributed by atoms with Crippen LogP contribution >= 0.6 is 0 Å². The molecule has 0 aliphatic carbocycles. The van der Waals surface area contributed by atoms with E-state index in [0.29, 0.717) is 41.0 Å². The predicted octanol–water partition coefficient (Wildman–Crippen LogP) is 4.17. The van der Waals surface area contributed by atoms with Gasteiger partial charge in [0.1, 0.15) is 5.82 Å². The molecule has 1 N–H and O–H groups in total. The summed E-state index contributed by atoms with van der Waals surface area (Å²) < 4.78 is 13.1. The Bertz CT molecular complexity index is 1110. The Balaban J connectivity index is 1.44. The number of hydrogen-bond acceptors (Lipinski definition) is 3. The summed E-state index contributed by atoms with van der Waals surface area (Å²) in [5.74, 6) is -0.930. The Morgan fingerprint density at radius 3 is 2.43 bits per heavy atom. The first-order valence-electron chi connectivity index (χ1n) is 10.1. The molecule has 0 radical (unpaired) electrons. The minimum atomic E-state index is -0.563. The highest BCUT2D eigenvalue weighted by atomic mass is 19.1. The van der Waals surface area contributed by atoms with Crippen molar-refractivity contribution in [2.45, 2.75) is 26.2 Å². The minimum absolute atomic E-state index is 0.0699. The molecule has 0 saturated carbocycles. The molecule has 6 heteroatoms. The lowest BCUT2D eigenvalue weighted by atomic mass is 9.90. The number of hydrogen-bond donors (Lipinski definition) is 1. The molecular weight excluding hydrogens is 383 g/mol. The molecule has 1 saturated heterocycles. The molecule has 30 heavy (non-hydrogen) atoms. The van der Waals surface area contributed by atoms with Crippen molar-refractivity contribution in [2.75, 3.05) is 13.1 Å². The smallest absolute Gasteiger partial charge is 0.253 e. The van der Waals surface area contributed by atoms with Crippen LogP contribution in [-0.2, 0) is 11.2 Å². The molecule has 5 nitrogen and oxygen atoms in total. The number of rotatable bonds is 5. The van der Waals surface area contributed by atoms with Crippen LogP contribution in [0.25, 0.3) is 10.9 Å². The maximum Gasteiger partial charge on any atom is 0.253 e. The maximum absolute atomic E-state index is 13.1. The molecule has 0 atom stereocenters. The first-order valence-corrected chi connectivity index (χ1v) is 10.1. The van der Waals surface area contributed by atoms with Gasteiger partial charge in [0.25, 0.3) is 5.91 Å². The van der Waals surface area contributed by atoms with Crippen molar-refractivity contribution >= 4 is 28.4 Å². The van der Waals surface area contributed by atoms with Gasteiger partial charge in [0.15, 0.2) is 5.78 Å². The second-order valence-corrected chi connectivity index (χ2v) is 7.91. The van der Waals surface area contributed by atoms with E-state index in [1.165, 1.54) is 25.3 Å². The van der Waals surface area contributed by atoms with Crippen molar-refractivity contribution in [1.82, 2.24) is 9.88 Å². The van der Waals surface area contributed by atoms with Gasteiger partial charge in [0.05, 0.1) is 5.56 Å². The average Bonchev–Trinajstić information content (AvgIpc) is 3.18. The summed E-state index contributed by atoms with van der Waals surface area (Å²) in [4.78, 5) is 41.4. The van der Waals surface area contributed by atoms with Crippen molar-refractivity contribution in [3.05, 3.63) is 71.2 Å². The van der Waals surface area contributed by atoms with Crippen LogP contribution in [0, 0.1) is 11.7 Å². The number of carbonyl (C=O) groups is 3. The molecule has 1 fully saturated rings. The average molecular weight is 406 g/mol. The number of amides is 1. The predicted molar refractivity (Wildman–Crippen MR) is 112 cm³/mol. The van der Waals surface area contributed by atoms with Crippen molar-refractivity contribution < 1.29 is 18.8 Å². The summed E-state index contributed by atoms with van der Waals surface area (Å²) >= 11 is 0. The minimum Gasteiger partial charge on any atom is -0.360 e. The molecule has 4 rings (SSSR count). The van der Waals surface area contributed by atoms with Crippen LogP contribution in [0.2, 0.25) is 0 Å². The molecular formula is C24H23FN2O3. The number of nitrogens with one attached hydrogen (secondary N) is 1. The summed E-state index contributed by atoms with van der Waals surface area (Å²) in [7, 11) is 0. The van der Waals surface area contributed by atoms with Crippen LogP contribution in [0.15, 0.2) is 48.7 Å². The van der Waals surface area contributed by atoms with Crippen LogP contribution < -0.4 is 0 Å². The van der Waals surface area contributed by atoms with Crippen LogP contribution in [0.4, 0.5) is 4.39 Å². The molecule has 0 bridgehead atoms. The van der Waals surface area contributed by atoms with E-state index in [2.05, 4.69) is 4.98 Å². The van der Waals surface area contributed by atoms with Gasteiger partial charge in [-0.25, -0.2) is 4.39 Å². The summed E-state index contributed by atoms with van der Waals surface area (Å²) in [6.45, 7) is 2.57. The number of likely N-dealkylation sites (tertiary alicyclic amines) is 1. The van der Waals surface area contributed by atoms with Crippen molar-refractivity contribution in [2.24, 2.45) is 5.92 Å². The SMILES string of the molecule is CC(=O)C(=O)c1c[nH]c2ccc(C(=O)N3CCC(Cc4ccc(F)cc4)CC3)cc12. The lowest BCUT2D eigenvalue weighted by Crippen LogP contribution is -2.38. The first-order chi connectivity index (χ1) is 14.4. The molecule has 154 valence electrons. The Kier molecular flexibility index (Phi) is 5.48. The number of H-pyrrole nitrogens is 1. The lowest BCUT2D eigenvalue weighted by Gasteiger charge is -2.32. The van der Waals surface area contributed by atoms with Gasteiger partial charge in [-0.1, -0.05) is 12.1 Å². The topological polar surface area (TPSA) is 70.2 Å². The summed E-state index contributed by atoms with van der Waals surface area (Å²) in [5.41, 5.74) is 2.64. The van der Waals surface area contributed by atoms with Crippen molar-refractivity contribution in [3.8, 4) is 0 Å². The number of halogens is 1. The van der Waals surface area contributed by atoms with E-state index in [4.69, 9.17) is 0 Å². The van der Waals surface area contributed by atoms with Crippen LogP contribution in [0.3, 0.4) is 0 Å². The highest BCUT2D eigenvalue weighted by molar-refractivity contribution is 6.45. The second kappa shape index (κ2) is 8.22. The lowest BCUT2D eigenvalue weighted by molar-refractivity contribution is -0.113. The van der Waals surface area contributed by atoms with Gasteiger partial charge in [-0.05, 0) is 61.1 Å². The van der Waals surface area contributed by atoms with Gasteiger partial charge in [0, 0.05) is 42.7 Å². The fraction of sp³-hybridized carbons (Fsp3) is 0.292. The molecule has 1 aliphatic rings. The van der Waals surface area contributed by atoms with E-state index in [1.807, 2.05) is 17.0 Å². The van der Waals surface area contributed by atoms with E-state index < -0.39 is 11.6 Å². The molecule has 3 aromatic rings. The standard InChI is InChI=1S/C24H23FN2O3/c1-15(28)23(29)21-14-26-22-7-4-18(13-20(21)22)24(30)27-10-8-17(9-11-27)12-16-2-5-19(25)6-3-16/h2-7,13-14,17,26H,8-12H2,1H3. The van der Waals surface area contributed by atoms with Gasteiger partial charge in [-0.15, -0.1) is 0 Å². The number of piperidine rings is 1. The van der Waals surface area contributed by atoms with Crippen LogP contribution in [0.5, 0.6) is 0 Å². The largest absolute Gasteiger partial charge is 0.360 e. The molecule has 1 aliphatic heterocycles. The fourth-order valence-electron chi connectivity index (χ4n) is 4.11. The number of fused-ring (bicyclic) bond motifs is 1. The molecule has 0 unspecified atom stereocenters. The number of benzene rings is 2. The third kappa shape index (κ3) is 4.03. The van der Waals surface area contributed by atoms with E-state index >= 15 is 0 Å².